The van der Waals surface area contributed by atoms with Crippen LogP contribution in [0.25, 0.3) is 16.9 Å². The van der Waals surface area contributed by atoms with Crippen molar-refractivity contribution in [2.75, 3.05) is 7.11 Å². The first-order valence-corrected chi connectivity index (χ1v) is 7.15. The zero-order chi connectivity index (χ0) is 14.8. The number of hydrogen-bond acceptors (Lipinski definition) is 3. The van der Waals surface area contributed by atoms with Gasteiger partial charge in [-0.25, -0.2) is 4.68 Å². The topological polar surface area (TPSA) is 47.3 Å². The standard InChI is InChI=1S/C16H13BrN2O2/c1-21-13-6-7-14(16(20)10-13)15-8-9-18-19(15)12-4-2-11(17)3-5-12/h2-10,20H,1H3. The Hall–Kier alpha value is -2.27. The Kier molecular flexibility index (Phi) is 3.66. The van der Waals surface area contributed by atoms with Gasteiger partial charge in [-0.1, -0.05) is 15.9 Å². The Morgan fingerprint density at radius 1 is 1.10 bits per heavy atom. The number of halogens is 1. The van der Waals surface area contributed by atoms with Crippen molar-refractivity contribution < 1.29 is 9.84 Å². The molecule has 0 fully saturated rings. The van der Waals surface area contributed by atoms with Gasteiger partial charge in [0.1, 0.15) is 11.5 Å². The number of methoxy groups -OCH3 is 1. The van der Waals surface area contributed by atoms with E-state index in [9.17, 15) is 5.11 Å². The second-order valence-electron chi connectivity index (χ2n) is 4.49. The van der Waals surface area contributed by atoms with Crippen molar-refractivity contribution >= 4 is 15.9 Å². The molecule has 0 radical (unpaired) electrons. The van der Waals surface area contributed by atoms with E-state index in [1.54, 1.807) is 24.1 Å². The molecule has 3 aromatic rings. The van der Waals surface area contributed by atoms with E-state index in [-0.39, 0.29) is 5.75 Å². The molecule has 5 heteroatoms. The molecular formula is C16H13BrN2O2. The number of aromatic hydroxyl groups is 1. The summed E-state index contributed by atoms with van der Waals surface area (Å²) in [5, 5.41) is 14.5. The van der Waals surface area contributed by atoms with E-state index < -0.39 is 0 Å². The van der Waals surface area contributed by atoms with Crippen LogP contribution in [0.15, 0.2) is 59.2 Å². The molecule has 0 aliphatic carbocycles. The second-order valence-corrected chi connectivity index (χ2v) is 5.40. The monoisotopic (exact) mass is 344 g/mol. The summed E-state index contributed by atoms with van der Waals surface area (Å²) in [4.78, 5) is 0. The lowest BCUT2D eigenvalue weighted by Crippen LogP contribution is -1.98. The zero-order valence-electron chi connectivity index (χ0n) is 11.3. The molecule has 0 aliphatic heterocycles. The summed E-state index contributed by atoms with van der Waals surface area (Å²) in [6.45, 7) is 0. The SMILES string of the molecule is COc1ccc(-c2ccnn2-c2ccc(Br)cc2)c(O)c1. The molecule has 0 unspecified atom stereocenters. The van der Waals surface area contributed by atoms with E-state index in [2.05, 4.69) is 21.0 Å². The zero-order valence-corrected chi connectivity index (χ0v) is 12.9. The number of nitrogens with zero attached hydrogens (tertiary/aromatic N) is 2. The van der Waals surface area contributed by atoms with Crippen LogP contribution in [0.5, 0.6) is 11.5 Å². The summed E-state index contributed by atoms with van der Waals surface area (Å²) in [5.74, 6) is 0.777. The fraction of sp³-hybridized carbons (Fsp3) is 0.0625. The molecule has 0 spiro atoms. The lowest BCUT2D eigenvalue weighted by atomic mass is 10.1. The Labute approximate surface area is 130 Å². The van der Waals surface area contributed by atoms with Crippen molar-refractivity contribution in [3.63, 3.8) is 0 Å². The summed E-state index contributed by atoms with van der Waals surface area (Å²) in [6.07, 6.45) is 1.71. The highest BCUT2D eigenvalue weighted by Gasteiger charge is 2.12. The Bertz CT molecular complexity index is 766. The van der Waals surface area contributed by atoms with Gasteiger partial charge in [-0.05, 0) is 42.5 Å². The summed E-state index contributed by atoms with van der Waals surface area (Å²) >= 11 is 3.42. The first-order valence-electron chi connectivity index (χ1n) is 6.36. The fourth-order valence-corrected chi connectivity index (χ4v) is 2.41. The molecule has 106 valence electrons. The van der Waals surface area contributed by atoms with Crippen molar-refractivity contribution in [1.29, 1.82) is 0 Å². The van der Waals surface area contributed by atoms with Crippen LogP contribution in [0, 0.1) is 0 Å². The van der Waals surface area contributed by atoms with Crippen LogP contribution in [-0.4, -0.2) is 22.0 Å². The van der Waals surface area contributed by atoms with Gasteiger partial charge in [-0.15, -0.1) is 0 Å². The van der Waals surface area contributed by atoms with Crippen LogP contribution in [0.3, 0.4) is 0 Å². The van der Waals surface area contributed by atoms with Crippen molar-refractivity contribution in [3.05, 3.63) is 59.2 Å². The first-order chi connectivity index (χ1) is 10.2. The maximum absolute atomic E-state index is 10.2. The number of ether oxygens (including phenoxy) is 1. The van der Waals surface area contributed by atoms with Crippen LogP contribution in [-0.2, 0) is 0 Å². The normalized spacial score (nSPS) is 10.6. The Morgan fingerprint density at radius 3 is 2.52 bits per heavy atom. The predicted octanol–water partition coefficient (Wildman–Crippen LogP) is 4.02. The summed E-state index contributed by atoms with van der Waals surface area (Å²) in [7, 11) is 1.57. The lowest BCUT2D eigenvalue weighted by molar-refractivity contribution is 0.408. The molecule has 0 saturated carbocycles. The molecule has 0 atom stereocenters. The third-order valence-electron chi connectivity index (χ3n) is 3.19. The average molecular weight is 345 g/mol. The number of benzene rings is 2. The molecule has 1 aromatic heterocycles. The highest BCUT2D eigenvalue weighted by Crippen LogP contribution is 2.33. The molecule has 0 aliphatic rings. The molecule has 21 heavy (non-hydrogen) atoms. The molecule has 3 rings (SSSR count). The van der Waals surface area contributed by atoms with E-state index in [0.29, 0.717) is 11.3 Å². The molecule has 4 nitrogen and oxygen atoms in total. The Morgan fingerprint density at radius 2 is 1.86 bits per heavy atom. The number of aromatic nitrogens is 2. The van der Waals surface area contributed by atoms with Gasteiger partial charge < -0.3 is 9.84 Å². The van der Waals surface area contributed by atoms with Crippen molar-refractivity contribution in [2.24, 2.45) is 0 Å². The van der Waals surface area contributed by atoms with Gasteiger partial charge in [0, 0.05) is 16.1 Å². The summed E-state index contributed by atoms with van der Waals surface area (Å²) < 4.78 is 7.90. The summed E-state index contributed by atoms with van der Waals surface area (Å²) in [6, 6.07) is 14.9. The van der Waals surface area contributed by atoms with E-state index >= 15 is 0 Å². The number of phenols is 1. The van der Waals surface area contributed by atoms with Crippen LogP contribution in [0.4, 0.5) is 0 Å². The molecule has 0 saturated heterocycles. The van der Waals surface area contributed by atoms with E-state index in [1.807, 2.05) is 42.5 Å². The maximum Gasteiger partial charge on any atom is 0.128 e. The van der Waals surface area contributed by atoms with Gasteiger partial charge in [-0.2, -0.15) is 5.10 Å². The number of phenolic OH excluding ortho intramolecular Hbond substituents is 1. The molecule has 1 N–H and O–H groups in total. The highest BCUT2D eigenvalue weighted by atomic mass is 79.9. The number of hydrogen-bond donors (Lipinski definition) is 1. The van der Waals surface area contributed by atoms with Crippen LogP contribution in [0.1, 0.15) is 0 Å². The summed E-state index contributed by atoms with van der Waals surface area (Å²) in [5.41, 5.74) is 2.45. The van der Waals surface area contributed by atoms with Crippen molar-refractivity contribution in [2.45, 2.75) is 0 Å². The van der Waals surface area contributed by atoms with Gasteiger partial charge in [0.25, 0.3) is 0 Å². The van der Waals surface area contributed by atoms with Gasteiger partial charge >= 0.3 is 0 Å². The van der Waals surface area contributed by atoms with Gasteiger partial charge in [-0.3, -0.25) is 0 Å². The van der Waals surface area contributed by atoms with Gasteiger partial charge in [0.05, 0.1) is 24.7 Å². The minimum atomic E-state index is 0.160. The minimum absolute atomic E-state index is 0.160. The minimum Gasteiger partial charge on any atom is -0.507 e. The van der Waals surface area contributed by atoms with Crippen LogP contribution < -0.4 is 4.74 Å². The second kappa shape index (κ2) is 5.61. The molecule has 1 heterocycles. The largest absolute Gasteiger partial charge is 0.507 e. The molecule has 2 aromatic carbocycles. The fourth-order valence-electron chi connectivity index (χ4n) is 2.15. The van der Waals surface area contributed by atoms with Gasteiger partial charge in [0.2, 0.25) is 0 Å². The number of rotatable bonds is 3. The predicted molar refractivity (Wildman–Crippen MR) is 84.9 cm³/mol. The maximum atomic E-state index is 10.2. The van der Waals surface area contributed by atoms with E-state index in [1.165, 1.54) is 0 Å². The van der Waals surface area contributed by atoms with E-state index in [4.69, 9.17) is 4.74 Å². The van der Waals surface area contributed by atoms with Crippen molar-refractivity contribution in [1.82, 2.24) is 9.78 Å². The third-order valence-corrected chi connectivity index (χ3v) is 3.72. The third kappa shape index (κ3) is 2.64. The lowest BCUT2D eigenvalue weighted by Gasteiger charge is -2.10. The molecule has 0 bridgehead atoms. The van der Waals surface area contributed by atoms with Gasteiger partial charge in [0.15, 0.2) is 0 Å². The molecular weight excluding hydrogens is 332 g/mol. The van der Waals surface area contributed by atoms with Crippen LogP contribution >= 0.6 is 15.9 Å². The Balaban J connectivity index is 2.09. The van der Waals surface area contributed by atoms with Crippen LogP contribution in [0.2, 0.25) is 0 Å². The smallest absolute Gasteiger partial charge is 0.128 e. The van der Waals surface area contributed by atoms with Crippen molar-refractivity contribution in [3.8, 4) is 28.4 Å². The average Bonchev–Trinajstić information content (AvgIpc) is 2.97. The van der Waals surface area contributed by atoms with E-state index in [0.717, 1.165) is 15.9 Å². The first kappa shape index (κ1) is 13.7. The highest BCUT2D eigenvalue weighted by molar-refractivity contribution is 9.10. The quantitative estimate of drug-likeness (QED) is 0.780. The molecule has 0 amide bonds.